The number of para-hydroxylation sites is 6. The molecule has 4 aliphatic heterocycles. The molecule has 2 N–H and O–H groups in total. The van der Waals surface area contributed by atoms with E-state index in [0.717, 1.165) is 123 Å². The smallest absolute Gasteiger partial charge is 0.204 e. The van der Waals surface area contributed by atoms with Crippen LogP contribution in [0.1, 0.15) is 39.7 Å². The zero-order chi connectivity index (χ0) is 66.7. The maximum absolute atomic E-state index is 7.64. The number of hydrogen-bond acceptors (Lipinski definition) is 9. The fraction of sp³-hybridized carbons (Fsp3) is 0.0444. The number of thiophene rings is 1. The number of nitrogens with one attached hydrogen (secondary N) is 2. The predicted molar refractivity (Wildman–Crippen MR) is 418 cm³/mol. The minimum atomic E-state index is -0.622. The molecule has 0 radical (unpaired) electrons. The topological polar surface area (TPSA) is 101 Å². The minimum Gasteiger partial charge on any atom is -0.483 e. The Labute approximate surface area is 588 Å². The van der Waals surface area contributed by atoms with Crippen molar-refractivity contribution in [2.45, 2.75) is 24.7 Å². The molecule has 102 heavy (non-hydrogen) atoms. The number of anilines is 1. The lowest BCUT2D eigenvalue weighted by atomic mass is 9.84. The normalized spacial score (nSPS) is 17.4. The molecule has 0 saturated carbocycles. The number of rotatable bonds is 9. The van der Waals surface area contributed by atoms with Gasteiger partial charge in [-0.05, 0) is 83.9 Å². The van der Waals surface area contributed by atoms with Crippen LogP contribution < -0.4 is 30.8 Å². The van der Waals surface area contributed by atoms with Crippen LogP contribution in [0.15, 0.2) is 335 Å². The third-order valence-corrected chi connectivity index (χ3v) is 22.4. The van der Waals surface area contributed by atoms with E-state index >= 15 is 0 Å². The fourth-order valence-corrected chi connectivity index (χ4v) is 18.3. The van der Waals surface area contributed by atoms with Gasteiger partial charge in [-0.1, -0.05) is 243 Å². The van der Waals surface area contributed by atoms with Crippen LogP contribution in [-0.2, 0) is 0 Å². The lowest BCUT2D eigenvalue weighted by molar-refractivity contribution is 0.251. The molecule has 0 spiro atoms. The van der Waals surface area contributed by atoms with Gasteiger partial charge in [0.2, 0.25) is 12.6 Å². The van der Waals surface area contributed by atoms with Crippen molar-refractivity contribution in [2.24, 2.45) is 20.0 Å². The Hall–Kier alpha value is -13.2. The summed E-state index contributed by atoms with van der Waals surface area (Å²) in [4.78, 5) is 24.7. The van der Waals surface area contributed by atoms with Gasteiger partial charge in [-0.2, -0.15) is 0 Å². The van der Waals surface area contributed by atoms with Crippen LogP contribution in [0.25, 0.3) is 108 Å². The highest BCUT2D eigenvalue weighted by molar-refractivity contribution is 7.27. The van der Waals surface area contributed by atoms with E-state index in [2.05, 4.69) is 333 Å². The quantitative estimate of drug-likeness (QED) is 0.150. The molecule has 0 amide bonds. The number of aliphatic imine (C=N–C) groups is 4. The highest BCUT2D eigenvalue weighted by atomic mass is 32.1. The van der Waals surface area contributed by atoms with E-state index in [0.29, 0.717) is 11.7 Å². The van der Waals surface area contributed by atoms with Crippen molar-refractivity contribution in [3.63, 3.8) is 0 Å². The van der Waals surface area contributed by atoms with Crippen LogP contribution in [0.5, 0.6) is 5.75 Å². The zero-order valence-electron chi connectivity index (χ0n) is 54.7. The van der Waals surface area contributed by atoms with E-state index < -0.39 is 18.7 Å². The number of nitrogens with zero attached hydrogens (tertiary/aromatic N) is 8. The average Bonchev–Trinajstić information content (AvgIpc) is 1.52. The van der Waals surface area contributed by atoms with E-state index in [4.69, 9.17) is 24.7 Å². The summed E-state index contributed by atoms with van der Waals surface area (Å²) in [5, 5.41) is 18.6. The van der Waals surface area contributed by atoms with Crippen molar-refractivity contribution in [1.82, 2.24) is 24.3 Å². The number of fused-ring (bicyclic) bond motifs is 22. The number of amidine groups is 4. The van der Waals surface area contributed by atoms with E-state index in [1.807, 2.05) is 23.5 Å². The van der Waals surface area contributed by atoms with Gasteiger partial charge in [0, 0.05) is 109 Å². The van der Waals surface area contributed by atoms with Crippen molar-refractivity contribution in [1.29, 1.82) is 0 Å². The van der Waals surface area contributed by atoms with Crippen molar-refractivity contribution >= 4 is 126 Å². The lowest BCUT2D eigenvalue weighted by Crippen LogP contribution is -2.59. The van der Waals surface area contributed by atoms with Crippen LogP contribution in [0, 0.1) is 0 Å². The number of ether oxygens (including phenoxy) is 1. The molecule has 22 rings (SSSR count). The Morgan fingerprint density at radius 3 is 1.62 bits per heavy atom. The summed E-state index contributed by atoms with van der Waals surface area (Å²) >= 11 is 1.86. The van der Waals surface area contributed by atoms with Crippen LogP contribution in [0.3, 0.4) is 0 Å². The molecule has 13 aromatic carbocycles. The molecule has 480 valence electrons. The molecule has 17 aromatic rings. The second-order valence-corrected chi connectivity index (χ2v) is 27.8. The van der Waals surface area contributed by atoms with Gasteiger partial charge in [0.15, 0.2) is 11.7 Å². The van der Waals surface area contributed by atoms with Gasteiger partial charge in [-0.3, -0.25) is 4.57 Å². The summed E-state index contributed by atoms with van der Waals surface area (Å²) in [5.41, 5.74) is 19.3. The van der Waals surface area contributed by atoms with Crippen LogP contribution in [0.2, 0.25) is 0 Å². The Kier molecular flexibility index (Phi) is 12.4. The van der Waals surface area contributed by atoms with Crippen LogP contribution in [-0.4, -0.2) is 55.5 Å². The van der Waals surface area contributed by atoms with Gasteiger partial charge < -0.3 is 29.4 Å². The summed E-state index contributed by atoms with van der Waals surface area (Å²) in [7, 11) is 0. The Morgan fingerprint density at radius 2 is 0.902 bits per heavy atom. The molecule has 0 saturated heterocycles. The van der Waals surface area contributed by atoms with Crippen molar-refractivity contribution in [2.75, 3.05) is 4.90 Å². The van der Waals surface area contributed by atoms with Gasteiger partial charge in [-0.15, -0.1) is 11.3 Å². The van der Waals surface area contributed by atoms with Gasteiger partial charge in [0.1, 0.15) is 29.6 Å². The first kappa shape index (κ1) is 56.8. The van der Waals surface area contributed by atoms with Crippen LogP contribution in [0.4, 0.5) is 5.69 Å². The predicted octanol–water partition coefficient (Wildman–Crippen LogP) is 18.0. The molecule has 5 aliphatic rings. The molecule has 12 heteroatoms. The zero-order valence-corrected chi connectivity index (χ0v) is 55.5. The molecular weight excluding hydrogens is 1270 g/mol. The highest BCUT2D eigenvalue weighted by Crippen LogP contribution is 2.53. The summed E-state index contributed by atoms with van der Waals surface area (Å²) in [5.74, 6) is 3.60. The van der Waals surface area contributed by atoms with E-state index in [9.17, 15) is 0 Å². The standard InChI is InChI=1S/C90H58N10OS/c1-6-27-53(28-7-1)85-91-86(54-29-8-2-9-30-54)94-89(93-85)99-69-46-23-18-41-63(69)77-79-73(61-39-16-21-44-67(61)97(79)59-35-12-4-13-36-59)75-66-52-57(49-50-71(66)101-83(75)81(77)99)56-33-26-34-58(51-56)88-92-87(55-31-10-3-11-32-55)95-90(96-88)100-70-47-24-19-42-64(70)78-80-74(76-65-43-20-25-48-72(65)102-84(76)82(78)100)62-40-17-22-45-68(62)98(80)60-37-14-5-15-38-60/h1-52,81,83,89-90H,(H,91,93,94)(H,92,95,96)/t81?,83-,90?/m0/s1. The maximum Gasteiger partial charge on any atom is 0.204 e. The lowest BCUT2D eigenvalue weighted by Gasteiger charge is -2.39. The summed E-state index contributed by atoms with van der Waals surface area (Å²) in [6.07, 6.45) is -1.66. The first-order chi connectivity index (χ1) is 50.6. The van der Waals surface area contributed by atoms with Gasteiger partial charge >= 0.3 is 0 Å². The molecule has 0 bridgehead atoms. The summed E-state index contributed by atoms with van der Waals surface area (Å²) in [6.45, 7) is 0. The Morgan fingerprint density at radius 1 is 0.373 bits per heavy atom. The third kappa shape index (κ3) is 8.35. The Balaban J connectivity index is 0.739. The molecule has 0 fully saturated rings. The molecular formula is C90H58N10OS. The first-order valence-corrected chi connectivity index (χ1v) is 35.5. The van der Waals surface area contributed by atoms with E-state index in [-0.39, 0.29) is 6.04 Å². The largest absolute Gasteiger partial charge is 0.483 e. The molecule has 11 nitrogen and oxygen atoms in total. The van der Waals surface area contributed by atoms with Gasteiger partial charge in [0.25, 0.3) is 0 Å². The molecule has 3 unspecified atom stereocenters. The van der Waals surface area contributed by atoms with Crippen molar-refractivity contribution in [3.8, 4) is 28.3 Å². The van der Waals surface area contributed by atoms with Crippen molar-refractivity contribution < 1.29 is 4.74 Å². The maximum atomic E-state index is 7.64. The van der Waals surface area contributed by atoms with Gasteiger partial charge in [0.05, 0.1) is 37.6 Å². The molecule has 1 aliphatic carbocycles. The van der Waals surface area contributed by atoms with E-state index in [1.165, 1.54) is 52.6 Å². The second-order valence-electron chi connectivity index (χ2n) is 26.7. The number of benzene rings is 13. The SMILES string of the molecule is c1ccc(C2=NC(N3c4ccccc4C4=c5c(c6ccccc6n5-c5ccccc5)=C5c6cc(-c7cccc(C8=NC(n9c%10ccccc%10c%10c%11c(c%12ccccc%12n%11-c%11ccccc%11)c%11c%12ccccc%12sc%11c%109)NC(c9ccccc9)=N8)c7)ccc6O[C@@H]5C43)NC(c3ccccc3)=N2)cc1. The molecule has 4 atom stereocenters. The average molecular weight is 1330 g/mol. The first-order valence-electron chi connectivity index (χ1n) is 34.7. The number of aromatic nitrogens is 3. The molecule has 4 aromatic heterocycles. The third-order valence-electron chi connectivity index (χ3n) is 21.2. The highest BCUT2D eigenvalue weighted by Gasteiger charge is 2.52. The number of hydrogen-bond donors (Lipinski definition) is 2. The summed E-state index contributed by atoms with van der Waals surface area (Å²) in [6, 6.07) is 112. The summed E-state index contributed by atoms with van der Waals surface area (Å²) < 4.78 is 17.5. The second kappa shape index (κ2) is 22.2. The Bertz CT molecular complexity index is 6690. The monoisotopic (exact) mass is 1330 g/mol. The van der Waals surface area contributed by atoms with Gasteiger partial charge in [-0.25, -0.2) is 20.0 Å². The van der Waals surface area contributed by atoms with Crippen LogP contribution >= 0.6 is 11.3 Å². The van der Waals surface area contributed by atoms with Crippen molar-refractivity contribution in [3.05, 3.63) is 359 Å². The minimum absolute atomic E-state index is 0.351. The fourth-order valence-electron chi connectivity index (χ4n) is 17.0. The van der Waals surface area contributed by atoms with E-state index in [1.54, 1.807) is 0 Å². The molecule has 8 heterocycles.